The van der Waals surface area contributed by atoms with Gasteiger partial charge in [-0.05, 0) is 31.4 Å². The molecule has 110 valence electrons. The first kappa shape index (κ1) is 13.5. The van der Waals surface area contributed by atoms with Crippen molar-refractivity contribution in [2.75, 3.05) is 6.54 Å². The summed E-state index contributed by atoms with van der Waals surface area (Å²) in [5, 5.41) is 3.24. The van der Waals surface area contributed by atoms with E-state index in [4.69, 9.17) is 0 Å². The fraction of sp³-hybridized carbons (Fsp3) is 0.688. The number of carbonyl (C=O) groups excluding carboxylic acids is 1. The summed E-state index contributed by atoms with van der Waals surface area (Å²) in [6, 6.07) is 5.04. The molecule has 20 heavy (non-hydrogen) atoms. The van der Waals surface area contributed by atoms with Crippen LogP contribution in [0.5, 0.6) is 0 Å². The number of aromatic nitrogens is 1. The Kier molecular flexibility index (Phi) is 3.99. The maximum Gasteiger partial charge on any atom is 0.318 e. The predicted molar refractivity (Wildman–Crippen MR) is 79.6 cm³/mol. The van der Waals surface area contributed by atoms with E-state index in [-0.39, 0.29) is 12.1 Å². The number of carbonyl (C=O) groups is 1. The van der Waals surface area contributed by atoms with Gasteiger partial charge < -0.3 is 14.8 Å². The van der Waals surface area contributed by atoms with E-state index in [0.29, 0.717) is 6.04 Å². The first-order valence-corrected chi connectivity index (χ1v) is 8.01. The second kappa shape index (κ2) is 5.90. The molecular weight excluding hydrogens is 250 g/mol. The zero-order chi connectivity index (χ0) is 13.9. The number of rotatable bonds is 3. The fourth-order valence-corrected chi connectivity index (χ4v) is 3.61. The van der Waals surface area contributed by atoms with Crippen LogP contribution in [0.25, 0.3) is 0 Å². The Labute approximate surface area is 121 Å². The summed E-state index contributed by atoms with van der Waals surface area (Å²) >= 11 is 0. The molecule has 0 saturated heterocycles. The normalized spacial score (nSPS) is 22.9. The summed E-state index contributed by atoms with van der Waals surface area (Å²) in [4.78, 5) is 14.6. The molecule has 1 N–H and O–H groups in total. The van der Waals surface area contributed by atoms with Crippen LogP contribution in [0, 0.1) is 0 Å². The first-order valence-electron chi connectivity index (χ1n) is 8.01. The van der Waals surface area contributed by atoms with Gasteiger partial charge in [-0.2, -0.15) is 0 Å². The molecule has 1 atom stereocenters. The second-order valence-corrected chi connectivity index (χ2v) is 6.06. The Morgan fingerprint density at radius 3 is 2.90 bits per heavy atom. The molecule has 4 nitrogen and oxygen atoms in total. The largest absolute Gasteiger partial charge is 0.348 e. The van der Waals surface area contributed by atoms with Crippen molar-refractivity contribution in [3.05, 3.63) is 24.0 Å². The highest BCUT2D eigenvalue weighted by molar-refractivity contribution is 5.75. The van der Waals surface area contributed by atoms with Gasteiger partial charge in [-0.25, -0.2) is 4.79 Å². The Balaban J connectivity index is 1.72. The van der Waals surface area contributed by atoms with E-state index in [1.165, 1.54) is 18.5 Å². The zero-order valence-electron chi connectivity index (χ0n) is 12.3. The van der Waals surface area contributed by atoms with Crippen molar-refractivity contribution in [3.8, 4) is 0 Å². The number of hydrogen-bond donors (Lipinski definition) is 1. The zero-order valence-corrected chi connectivity index (χ0v) is 12.3. The Morgan fingerprint density at radius 2 is 2.15 bits per heavy atom. The number of hydrogen-bond acceptors (Lipinski definition) is 1. The summed E-state index contributed by atoms with van der Waals surface area (Å²) in [5.41, 5.74) is 1.29. The van der Waals surface area contributed by atoms with Crippen molar-refractivity contribution >= 4 is 6.03 Å². The van der Waals surface area contributed by atoms with Crippen LogP contribution < -0.4 is 5.32 Å². The second-order valence-electron chi connectivity index (χ2n) is 6.06. The third-order valence-electron chi connectivity index (χ3n) is 4.67. The van der Waals surface area contributed by atoms with Gasteiger partial charge in [0, 0.05) is 31.0 Å². The topological polar surface area (TPSA) is 37.3 Å². The van der Waals surface area contributed by atoms with E-state index in [1.54, 1.807) is 0 Å². The number of urea groups is 1. The van der Waals surface area contributed by atoms with Gasteiger partial charge >= 0.3 is 6.03 Å². The van der Waals surface area contributed by atoms with Crippen LogP contribution in [0.15, 0.2) is 18.3 Å². The van der Waals surface area contributed by atoms with Crippen molar-refractivity contribution in [3.63, 3.8) is 0 Å². The van der Waals surface area contributed by atoms with Crippen molar-refractivity contribution in [2.45, 2.75) is 64.1 Å². The molecule has 0 spiro atoms. The van der Waals surface area contributed by atoms with Crippen LogP contribution in [0.1, 0.15) is 57.2 Å². The SMILES string of the molecule is CCCC1c2cccn2CCN1C(=O)NC1CCCC1. The van der Waals surface area contributed by atoms with Crippen LogP contribution in [-0.4, -0.2) is 28.1 Å². The molecule has 2 amide bonds. The van der Waals surface area contributed by atoms with Gasteiger partial charge in [-0.15, -0.1) is 0 Å². The van der Waals surface area contributed by atoms with E-state index in [1.807, 2.05) is 0 Å². The Morgan fingerprint density at radius 1 is 1.35 bits per heavy atom. The molecule has 2 heterocycles. The average Bonchev–Trinajstić information content (AvgIpc) is 3.09. The molecule has 1 aliphatic carbocycles. The first-order chi connectivity index (χ1) is 9.79. The lowest BCUT2D eigenvalue weighted by Gasteiger charge is -2.37. The third kappa shape index (κ3) is 2.56. The van der Waals surface area contributed by atoms with Gasteiger partial charge in [-0.3, -0.25) is 0 Å². The molecule has 1 aliphatic heterocycles. The van der Waals surface area contributed by atoms with Gasteiger partial charge in [-0.1, -0.05) is 26.2 Å². The van der Waals surface area contributed by atoms with E-state index < -0.39 is 0 Å². The van der Waals surface area contributed by atoms with Gasteiger partial charge in [0.2, 0.25) is 0 Å². The lowest BCUT2D eigenvalue weighted by molar-refractivity contribution is 0.148. The molecule has 0 radical (unpaired) electrons. The Hall–Kier alpha value is -1.45. The van der Waals surface area contributed by atoms with Gasteiger partial charge in [0.15, 0.2) is 0 Å². The van der Waals surface area contributed by atoms with Crippen LogP contribution >= 0.6 is 0 Å². The van der Waals surface area contributed by atoms with Gasteiger partial charge in [0.1, 0.15) is 0 Å². The summed E-state index contributed by atoms with van der Waals surface area (Å²) in [5.74, 6) is 0. The predicted octanol–water partition coefficient (Wildman–Crippen LogP) is 3.30. The molecular formula is C16H25N3O. The summed E-state index contributed by atoms with van der Waals surface area (Å²) < 4.78 is 2.29. The highest BCUT2D eigenvalue weighted by atomic mass is 16.2. The standard InChI is InChI=1S/C16H25N3O/c1-2-6-15-14-9-5-10-18(14)11-12-19(15)16(20)17-13-7-3-4-8-13/h5,9-10,13,15H,2-4,6-8,11-12H2,1H3,(H,17,20). The van der Waals surface area contributed by atoms with Crippen molar-refractivity contribution < 1.29 is 4.79 Å². The summed E-state index contributed by atoms with van der Waals surface area (Å²) in [6.45, 7) is 3.93. The van der Waals surface area contributed by atoms with Crippen LogP contribution in [0.4, 0.5) is 4.79 Å². The lowest BCUT2D eigenvalue weighted by atomic mass is 10.0. The monoisotopic (exact) mass is 275 g/mol. The minimum Gasteiger partial charge on any atom is -0.348 e. The minimum atomic E-state index is 0.141. The van der Waals surface area contributed by atoms with E-state index >= 15 is 0 Å². The molecule has 0 bridgehead atoms. The molecule has 1 saturated carbocycles. The maximum atomic E-state index is 12.6. The van der Waals surface area contributed by atoms with Gasteiger partial charge in [0.05, 0.1) is 6.04 Å². The average molecular weight is 275 g/mol. The highest BCUT2D eigenvalue weighted by Crippen LogP contribution is 2.30. The Bertz CT molecular complexity index is 462. The third-order valence-corrected chi connectivity index (χ3v) is 4.67. The van der Waals surface area contributed by atoms with E-state index in [9.17, 15) is 4.79 Å². The van der Waals surface area contributed by atoms with Crippen LogP contribution in [-0.2, 0) is 6.54 Å². The number of fused-ring (bicyclic) bond motifs is 1. The van der Waals surface area contributed by atoms with Gasteiger partial charge in [0.25, 0.3) is 0 Å². The summed E-state index contributed by atoms with van der Waals surface area (Å²) in [7, 11) is 0. The van der Waals surface area contributed by atoms with E-state index in [2.05, 4.69) is 40.0 Å². The maximum absolute atomic E-state index is 12.6. The molecule has 1 unspecified atom stereocenters. The molecule has 1 fully saturated rings. The molecule has 2 aliphatic rings. The molecule has 0 aromatic carbocycles. The van der Waals surface area contributed by atoms with Crippen molar-refractivity contribution in [1.29, 1.82) is 0 Å². The number of nitrogens with one attached hydrogen (secondary N) is 1. The highest BCUT2D eigenvalue weighted by Gasteiger charge is 2.31. The fourth-order valence-electron chi connectivity index (χ4n) is 3.61. The molecule has 1 aromatic heterocycles. The van der Waals surface area contributed by atoms with Crippen molar-refractivity contribution in [2.24, 2.45) is 0 Å². The quantitative estimate of drug-likeness (QED) is 0.903. The van der Waals surface area contributed by atoms with E-state index in [0.717, 1.165) is 38.8 Å². The number of amides is 2. The van der Waals surface area contributed by atoms with Crippen LogP contribution in [0.2, 0.25) is 0 Å². The van der Waals surface area contributed by atoms with Crippen LogP contribution in [0.3, 0.4) is 0 Å². The van der Waals surface area contributed by atoms with Crippen molar-refractivity contribution in [1.82, 2.24) is 14.8 Å². The number of nitrogens with zero attached hydrogens (tertiary/aromatic N) is 2. The smallest absolute Gasteiger partial charge is 0.318 e. The minimum absolute atomic E-state index is 0.141. The molecule has 4 heteroatoms. The molecule has 1 aromatic rings. The molecule has 3 rings (SSSR count). The summed E-state index contributed by atoms with van der Waals surface area (Å²) in [6.07, 6.45) is 9.08. The lowest BCUT2D eigenvalue weighted by Crippen LogP contribution is -2.49.